The zero-order chi connectivity index (χ0) is 13.0. The van der Waals surface area contributed by atoms with Gasteiger partial charge in [-0.25, -0.2) is 0 Å². The summed E-state index contributed by atoms with van der Waals surface area (Å²) < 4.78 is 0. The monoisotopic (exact) mass is 312 g/mol. The molecule has 1 N–H and O–H groups in total. The van der Waals surface area contributed by atoms with Gasteiger partial charge in [-0.1, -0.05) is 28.9 Å². The molecule has 0 spiro atoms. The molecule has 3 heterocycles. The number of oxime groups is 1. The molecule has 1 aromatic carbocycles. The van der Waals surface area contributed by atoms with Gasteiger partial charge in [0.1, 0.15) is 0 Å². The molecule has 1 aromatic rings. The first kappa shape index (κ1) is 14.2. The largest absolute Gasteiger partial charge is 0.411 e. The minimum Gasteiger partial charge on any atom is -0.411 e. The Morgan fingerprint density at radius 1 is 1.20 bits per heavy atom. The van der Waals surface area contributed by atoms with E-state index in [0.717, 1.165) is 17.3 Å². The molecular formula is C15H18Cl2N2O. The lowest BCUT2D eigenvalue weighted by Gasteiger charge is -2.36. The molecule has 5 atom stereocenters. The summed E-state index contributed by atoms with van der Waals surface area (Å²) in [6, 6.07) is 9.46. The van der Waals surface area contributed by atoms with Crippen molar-refractivity contribution in [3.8, 4) is 0 Å². The van der Waals surface area contributed by atoms with Crippen LogP contribution in [0.3, 0.4) is 0 Å². The lowest BCUT2D eigenvalue weighted by atomic mass is 9.77. The van der Waals surface area contributed by atoms with Gasteiger partial charge in [0.15, 0.2) is 0 Å². The number of benzene rings is 1. The van der Waals surface area contributed by atoms with Crippen LogP contribution in [0.1, 0.15) is 30.7 Å². The Labute approximate surface area is 130 Å². The first-order valence-electron chi connectivity index (χ1n) is 7.00. The molecule has 3 aliphatic heterocycles. The molecular weight excluding hydrogens is 295 g/mol. The maximum atomic E-state index is 9.29. The fourth-order valence-corrected chi connectivity index (χ4v) is 4.58. The van der Waals surface area contributed by atoms with Crippen molar-refractivity contribution in [2.24, 2.45) is 11.1 Å². The first-order valence-corrected chi connectivity index (χ1v) is 7.38. The molecule has 4 rings (SSSR count). The Bertz CT molecular complexity index is 531. The molecule has 0 radical (unpaired) electrons. The summed E-state index contributed by atoms with van der Waals surface area (Å²) in [6.07, 6.45) is 3.73. The summed E-state index contributed by atoms with van der Waals surface area (Å²) in [7, 11) is 0. The van der Waals surface area contributed by atoms with Gasteiger partial charge in [0.2, 0.25) is 0 Å². The number of nitrogens with zero attached hydrogens (tertiary/aromatic N) is 2. The van der Waals surface area contributed by atoms with Crippen LogP contribution in [0.4, 0.5) is 0 Å². The van der Waals surface area contributed by atoms with E-state index in [2.05, 4.69) is 22.2 Å². The fraction of sp³-hybridized carbons (Fsp3) is 0.533. The molecule has 3 aliphatic rings. The van der Waals surface area contributed by atoms with Gasteiger partial charge < -0.3 is 5.21 Å². The van der Waals surface area contributed by atoms with Gasteiger partial charge in [0.05, 0.1) is 5.71 Å². The molecule has 3 nitrogen and oxygen atoms in total. The van der Waals surface area contributed by atoms with Crippen LogP contribution < -0.4 is 0 Å². The van der Waals surface area contributed by atoms with Crippen molar-refractivity contribution >= 4 is 29.7 Å². The van der Waals surface area contributed by atoms with Crippen LogP contribution >= 0.6 is 24.0 Å². The Morgan fingerprint density at radius 2 is 1.95 bits per heavy atom. The molecule has 0 aliphatic carbocycles. The molecule has 0 saturated carbocycles. The topological polar surface area (TPSA) is 35.8 Å². The second-order valence-electron chi connectivity index (χ2n) is 5.98. The van der Waals surface area contributed by atoms with Gasteiger partial charge >= 0.3 is 0 Å². The summed E-state index contributed by atoms with van der Waals surface area (Å²) >= 11 is 5.98. The predicted molar refractivity (Wildman–Crippen MR) is 82.3 cm³/mol. The summed E-state index contributed by atoms with van der Waals surface area (Å²) in [5, 5.41) is 13.7. The fourth-order valence-electron chi connectivity index (χ4n) is 4.46. The predicted octanol–water partition coefficient (Wildman–Crippen LogP) is 3.54. The SMILES string of the molecule is Cl.ON=C1CN2[C@H]3CC[C@@H]2[C@@H]1[C@@H](c1ccc(Cl)cc1)C3. The lowest BCUT2D eigenvalue weighted by Crippen LogP contribution is -2.40. The van der Waals surface area contributed by atoms with Crippen molar-refractivity contribution in [3.63, 3.8) is 0 Å². The van der Waals surface area contributed by atoms with Crippen LogP contribution in [0, 0.1) is 5.92 Å². The number of halogens is 2. The molecule has 20 heavy (non-hydrogen) atoms. The average molecular weight is 313 g/mol. The zero-order valence-electron chi connectivity index (χ0n) is 11.1. The third-order valence-corrected chi connectivity index (χ3v) is 5.47. The minimum atomic E-state index is 0. The molecule has 4 bridgehead atoms. The molecule has 1 unspecified atom stereocenters. The van der Waals surface area contributed by atoms with Crippen molar-refractivity contribution in [3.05, 3.63) is 34.9 Å². The van der Waals surface area contributed by atoms with Crippen LogP contribution in [0.5, 0.6) is 0 Å². The van der Waals surface area contributed by atoms with Gasteiger partial charge in [-0.05, 0) is 42.9 Å². The van der Waals surface area contributed by atoms with Crippen LogP contribution in [-0.4, -0.2) is 34.4 Å². The van der Waals surface area contributed by atoms with Crippen LogP contribution in [0.15, 0.2) is 29.4 Å². The average Bonchev–Trinajstić information content (AvgIpc) is 2.85. The van der Waals surface area contributed by atoms with Crippen molar-refractivity contribution in [1.82, 2.24) is 4.90 Å². The maximum Gasteiger partial charge on any atom is 0.0763 e. The Kier molecular flexibility index (Phi) is 3.69. The summed E-state index contributed by atoms with van der Waals surface area (Å²) in [4.78, 5) is 2.55. The quantitative estimate of drug-likeness (QED) is 0.636. The van der Waals surface area contributed by atoms with Crippen LogP contribution in [0.25, 0.3) is 0 Å². The normalized spacial score (nSPS) is 39.9. The number of hydrogen-bond acceptors (Lipinski definition) is 3. The van der Waals surface area contributed by atoms with E-state index >= 15 is 0 Å². The highest BCUT2D eigenvalue weighted by molar-refractivity contribution is 6.30. The van der Waals surface area contributed by atoms with Gasteiger partial charge in [-0.2, -0.15) is 0 Å². The number of hydrogen-bond donors (Lipinski definition) is 1. The highest BCUT2D eigenvalue weighted by Crippen LogP contribution is 2.51. The highest BCUT2D eigenvalue weighted by Gasteiger charge is 2.54. The van der Waals surface area contributed by atoms with E-state index in [4.69, 9.17) is 11.6 Å². The zero-order valence-corrected chi connectivity index (χ0v) is 12.6. The molecule has 0 aromatic heterocycles. The van der Waals surface area contributed by atoms with Gasteiger partial charge in [-0.15, -0.1) is 12.4 Å². The lowest BCUT2D eigenvalue weighted by molar-refractivity contribution is 0.154. The number of rotatable bonds is 1. The van der Waals surface area contributed by atoms with E-state index in [0.29, 0.717) is 23.9 Å². The molecule has 3 saturated heterocycles. The minimum absolute atomic E-state index is 0. The van der Waals surface area contributed by atoms with Crippen molar-refractivity contribution in [2.45, 2.75) is 37.3 Å². The smallest absolute Gasteiger partial charge is 0.0763 e. The standard InChI is InChI=1S/C15H17ClN2O.ClH/c16-10-3-1-9(2-4-10)12-7-11-5-6-14-15(12)13(17-19)8-18(11)14;/h1-4,11-12,14-15,19H,5-8H2;1H/t11-,12+,14+,15+;/m0./s1. The van der Waals surface area contributed by atoms with E-state index < -0.39 is 0 Å². The molecule has 5 heteroatoms. The van der Waals surface area contributed by atoms with Crippen LogP contribution in [-0.2, 0) is 0 Å². The maximum absolute atomic E-state index is 9.29. The Hall–Kier alpha value is -0.770. The van der Waals surface area contributed by atoms with Crippen LogP contribution in [0.2, 0.25) is 5.02 Å². The summed E-state index contributed by atoms with van der Waals surface area (Å²) in [5.41, 5.74) is 2.32. The Morgan fingerprint density at radius 3 is 2.65 bits per heavy atom. The third kappa shape index (κ3) is 1.95. The first-order chi connectivity index (χ1) is 9.28. The van der Waals surface area contributed by atoms with Crippen molar-refractivity contribution in [1.29, 1.82) is 0 Å². The summed E-state index contributed by atoms with van der Waals surface area (Å²) in [6.45, 7) is 0.862. The molecule has 3 fully saturated rings. The third-order valence-electron chi connectivity index (χ3n) is 5.22. The second kappa shape index (κ2) is 5.21. The van der Waals surface area contributed by atoms with Crippen molar-refractivity contribution < 1.29 is 5.21 Å². The van der Waals surface area contributed by atoms with E-state index in [1.807, 2.05) is 12.1 Å². The van der Waals surface area contributed by atoms with Crippen molar-refractivity contribution in [2.75, 3.05) is 6.54 Å². The molecule has 0 amide bonds. The van der Waals surface area contributed by atoms with E-state index in [1.54, 1.807) is 0 Å². The second-order valence-corrected chi connectivity index (χ2v) is 6.42. The highest BCUT2D eigenvalue weighted by atomic mass is 35.5. The van der Waals surface area contributed by atoms with E-state index in [9.17, 15) is 5.21 Å². The number of piperidine rings is 1. The van der Waals surface area contributed by atoms with E-state index in [1.165, 1.54) is 24.8 Å². The Balaban J connectivity index is 0.00000121. The van der Waals surface area contributed by atoms with Gasteiger partial charge in [-0.3, -0.25) is 4.90 Å². The summed E-state index contributed by atoms with van der Waals surface area (Å²) in [5.74, 6) is 0.879. The van der Waals surface area contributed by atoms with Gasteiger partial charge in [0, 0.05) is 29.6 Å². The molecule has 108 valence electrons. The van der Waals surface area contributed by atoms with Gasteiger partial charge in [0.25, 0.3) is 0 Å². The van der Waals surface area contributed by atoms with E-state index in [-0.39, 0.29) is 12.4 Å².